The highest BCUT2D eigenvalue weighted by Gasteiger charge is 2.07. The molecule has 0 aliphatic carbocycles. The second kappa shape index (κ2) is 2.71. The molecule has 3 nitrogen and oxygen atoms in total. The van der Waals surface area contributed by atoms with E-state index in [1.54, 1.807) is 22.7 Å². The number of thiazole rings is 2. The van der Waals surface area contributed by atoms with E-state index < -0.39 is 0 Å². The summed E-state index contributed by atoms with van der Waals surface area (Å²) in [4.78, 5) is 14.2. The Hall–Kier alpha value is -1.07. The first kappa shape index (κ1) is 8.26. The SMILES string of the molecule is Cc1nc2nc3sc(C)nc3cc2s1. The Balaban J connectivity index is 2.49. The maximum Gasteiger partial charge on any atom is 0.172 e. The molecule has 3 rings (SSSR count). The van der Waals surface area contributed by atoms with Crippen LogP contribution in [0.2, 0.25) is 0 Å². The third-order valence-electron chi connectivity index (χ3n) is 1.96. The molecule has 0 bridgehead atoms. The van der Waals surface area contributed by atoms with Crippen LogP contribution in [0.3, 0.4) is 0 Å². The molecule has 14 heavy (non-hydrogen) atoms. The highest BCUT2D eigenvalue weighted by atomic mass is 32.1. The van der Waals surface area contributed by atoms with Crippen molar-refractivity contribution in [3.8, 4) is 0 Å². The van der Waals surface area contributed by atoms with Crippen molar-refractivity contribution in [2.75, 3.05) is 0 Å². The highest BCUT2D eigenvalue weighted by molar-refractivity contribution is 7.19. The molecule has 0 saturated carbocycles. The molecule has 0 unspecified atom stereocenters. The molecule has 0 fully saturated rings. The van der Waals surface area contributed by atoms with E-state index in [0.717, 1.165) is 30.7 Å². The molecule has 0 aromatic carbocycles. The molecule has 0 N–H and O–H groups in total. The second-order valence-electron chi connectivity index (χ2n) is 3.10. The third-order valence-corrected chi connectivity index (χ3v) is 3.75. The van der Waals surface area contributed by atoms with Gasteiger partial charge in [0, 0.05) is 0 Å². The Kier molecular flexibility index (Phi) is 1.60. The summed E-state index contributed by atoms with van der Waals surface area (Å²) in [6, 6.07) is 2.08. The summed E-state index contributed by atoms with van der Waals surface area (Å²) in [7, 11) is 0. The number of aryl methyl sites for hydroxylation is 2. The van der Waals surface area contributed by atoms with Crippen LogP contribution in [0.1, 0.15) is 10.0 Å². The molecular formula is C9H7N3S2. The Labute approximate surface area is 88.5 Å². The van der Waals surface area contributed by atoms with Gasteiger partial charge in [0.15, 0.2) is 5.65 Å². The minimum atomic E-state index is 0.851. The minimum Gasteiger partial charge on any atom is -0.240 e. The van der Waals surface area contributed by atoms with Crippen molar-refractivity contribution >= 4 is 43.4 Å². The van der Waals surface area contributed by atoms with Gasteiger partial charge in [0.1, 0.15) is 10.3 Å². The van der Waals surface area contributed by atoms with E-state index >= 15 is 0 Å². The lowest BCUT2D eigenvalue weighted by Gasteiger charge is -1.86. The molecule has 5 heteroatoms. The van der Waals surface area contributed by atoms with Gasteiger partial charge in [-0.3, -0.25) is 0 Å². The summed E-state index contributed by atoms with van der Waals surface area (Å²) in [5.74, 6) is 0. The topological polar surface area (TPSA) is 38.7 Å². The largest absolute Gasteiger partial charge is 0.240 e. The van der Waals surface area contributed by atoms with E-state index in [9.17, 15) is 0 Å². The molecule has 3 aromatic rings. The van der Waals surface area contributed by atoms with Crippen molar-refractivity contribution in [1.82, 2.24) is 15.0 Å². The monoisotopic (exact) mass is 221 g/mol. The van der Waals surface area contributed by atoms with Crippen LogP contribution >= 0.6 is 22.7 Å². The maximum absolute atomic E-state index is 4.47. The first-order chi connectivity index (χ1) is 6.72. The summed E-state index contributed by atoms with van der Waals surface area (Å²) >= 11 is 3.29. The van der Waals surface area contributed by atoms with Gasteiger partial charge in [-0.1, -0.05) is 11.3 Å². The number of fused-ring (bicyclic) bond motifs is 2. The quantitative estimate of drug-likeness (QED) is 0.586. The Morgan fingerprint density at radius 3 is 2.64 bits per heavy atom. The predicted octanol–water partition coefficient (Wildman–Crippen LogP) is 2.92. The van der Waals surface area contributed by atoms with Crippen molar-refractivity contribution in [1.29, 1.82) is 0 Å². The van der Waals surface area contributed by atoms with Crippen molar-refractivity contribution in [2.24, 2.45) is 0 Å². The predicted molar refractivity (Wildman–Crippen MR) is 60.1 cm³/mol. The lowest BCUT2D eigenvalue weighted by atomic mass is 10.4. The molecule has 0 aliphatic rings. The average Bonchev–Trinajstić information content (AvgIpc) is 2.59. The molecular weight excluding hydrogens is 214 g/mol. The lowest BCUT2D eigenvalue weighted by Crippen LogP contribution is -1.76. The van der Waals surface area contributed by atoms with Crippen LogP contribution in [0.15, 0.2) is 6.07 Å². The molecule has 0 radical (unpaired) electrons. The van der Waals surface area contributed by atoms with Crippen molar-refractivity contribution in [3.63, 3.8) is 0 Å². The van der Waals surface area contributed by atoms with Gasteiger partial charge in [-0.25, -0.2) is 15.0 Å². The summed E-state index contributed by atoms with van der Waals surface area (Å²) < 4.78 is 1.13. The zero-order valence-corrected chi connectivity index (χ0v) is 9.37. The van der Waals surface area contributed by atoms with Crippen LogP contribution in [-0.4, -0.2) is 15.0 Å². The first-order valence-corrected chi connectivity index (χ1v) is 5.87. The molecule has 0 spiro atoms. The van der Waals surface area contributed by atoms with Crippen LogP contribution in [-0.2, 0) is 0 Å². The van der Waals surface area contributed by atoms with Crippen molar-refractivity contribution < 1.29 is 0 Å². The number of hydrogen-bond donors (Lipinski definition) is 0. The average molecular weight is 221 g/mol. The fraction of sp³-hybridized carbons (Fsp3) is 0.222. The van der Waals surface area contributed by atoms with Crippen LogP contribution in [0.4, 0.5) is 0 Å². The number of pyridine rings is 1. The van der Waals surface area contributed by atoms with Gasteiger partial charge < -0.3 is 0 Å². The molecule has 3 aromatic heterocycles. The van der Waals surface area contributed by atoms with Crippen LogP contribution in [0, 0.1) is 13.8 Å². The summed E-state index contributed by atoms with van der Waals surface area (Å²) in [6.07, 6.45) is 0. The fourth-order valence-electron chi connectivity index (χ4n) is 1.43. The minimum absolute atomic E-state index is 0.851. The maximum atomic E-state index is 4.47. The molecule has 3 heterocycles. The standard InChI is InChI=1S/C9H7N3S2/c1-4-10-6-3-7-8(11-5(2)13-7)12-9(6)14-4/h3H,1-2H3. The van der Waals surface area contributed by atoms with E-state index in [-0.39, 0.29) is 0 Å². The fourth-order valence-corrected chi connectivity index (χ4v) is 3.00. The van der Waals surface area contributed by atoms with E-state index in [0.29, 0.717) is 0 Å². The van der Waals surface area contributed by atoms with E-state index in [1.165, 1.54) is 0 Å². The first-order valence-electron chi connectivity index (χ1n) is 4.24. The summed E-state index contributed by atoms with van der Waals surface area (Å²) in [5, 5.41) is 2.11. The third kappa shape index (κ3) is 1.13. The number of aromatic nitrogens is 3. The van der Waals surface area contributed by atoms with E-state index in [1.807, 2.05) is 13.8 Å². The zero-order valence-electron chi connectivity index (χ0n) is 7.74. The Morgan fingerprint density at radius 1 is 1.00 bits per heavy atom. The van der Waals surface area contributed by atoms with Crippen molar-refractivity contribution in [2.45, 2.75) is 13.8 Å². The molecule has 70 valence electrons. The summed E-state index contributed by atoms with van der Waals surface area (Å²) in [6.45, 7) is 4.00. The van der Waals surface area contributed by atoms with Gasteiger partial charge in [0.2, 0.25) is 0 Å². The zero-order chi connectivity index (χ0) is 9.71. The second-order valence-corrected chi connectivity index (χ2v) is 5.52. The van der Waals surface area contributed by atoms with E-state index in [4.69, 9.17) is 0 Å². The van der Waals surface area contributed by atoms with Gasteiger partial charge in [0.25, 0.3) is 0 Å². The molecule has 0 atom stereocenters. The Bertz CT molecular complexity index is 521. The molecule has 0 amide bonds. The van der Waals surface area contributed by atoms with Gasteiger partial charge in [-0.15, -0.1) is 11.3 Å². The number of rotatable bonds is 0. The van der Waals surface area contributed by atoms with Gasteiger partial charge in [-0.2, -0.15) is 0 Å². The lowest BCUT2D eigenvalue weighted by molar-refractivity contribution is 1.29. The smallest absolute Gasteiger partial charge is 0.172 e. The Morgan fingerprint density at radius 2 is 1.79 bits per heavy atom. The molecule has 0 saturated heterocycles. The number of hydrogen-bond acceptors (Lipinski definition) is 5. The van der Waals surface area contributed by atoms with Crippen LogP contribution < -0.4 is 0 Å². The van der Waals surface area contributed by atoms with Gasteiger partial charge in [-0.05, 0) is 19.9 Å². The van der Waals surface area contributed by atoms with Gasteiger partial charge >= 0.3 is 0 Å². The van der Waals surface area contributed by atoms with Crippen LogP contribution in [0.25, 0.3) is 20.7 Å². The van der Waals surface area contributed by atoms with Crippen molar-refractivity contribution in [3.05, 3.63) is 16.1 Å². The molecule has 0 aliphatic heterocycles. The number of nitrogens with zero attached hydrogens (tertiary/aromatic N) is 3. The van der Waals surface area contributed by atoms with E-state index in [2.05, 4.69) is 21.0 Å². The normalized spacial score (nSPS) is 11.6. The van der Waals surface area contributed by atoms with Gasteiger partial charge in [0.05, 0.1) is 14.7 Å². The summed E-state index contributed by atoms with van der Waals surface area (Å²) in [5.41, 5.74) is 1.84. The highest BCUT2D eigenvalue weighted by Crippen LogP contribution is 2.26. The van der Waals surface area contributed by atoms with Crippen LogP contribution in [0.5, 0.6) is 0 Å².